The van der Waals surface area contributed by atoms with E-state index < -0.39 is 17.4 Å². The van der Waals surface area contributed by atoms with Crippen LogP contribution in [-0.2, 0) is 6.54 Å². The molecular weight excluding hydrogens is 348 g/mol. The summed E-state index contributed by atoms with van der Waals surface area (Å²) in [5, 5.41) is 19.3. The van der Waals surface area contributed by atoms with Gasteiger partial charge in [0.1, 0.15) is 0 Å². The summed E-state index contributed by atoms with van der Waals surface area (Å²) >= 11 is 6.21. The molecule has 0 saturated carbocycles. The summed E-state index contributed by atoms with van der Waals surface area (Å²) in [5.74, 6) is 0.136. The number of hydrogen-bond acceptors (Lipinski definition) is 6. The average molecular weight is 365 g/mol. The van der Waals surface area contributed by atoms with Crippen molar-refractivity contribution in [1.29, 1.82) is 0 Å². The Bertz CT molecular complexity index is 1010. The number of hydrogen-bond donors (Lipinski definition) is 3. The van der Waals surface area contributed by atoms with Gasteiger partial charge in [0.05, 0.1) is 17.1 Å². The number of fused-ring (bicyclic) bond motifs is 2. The maximum Gasteiger partial charge on any atom is 0.349 e. The van der Waals surface area contributed by atoms with Crippen LogP contribution in [0.5, 0.6) is 0 Å². The summed E-state index contributed by atoms with van der Waals surface area (Å²) in [6.07, 6.45) is -0.166. The van der Waals surface area contributed by atoms with Crippen molar-refractivity contribution < 1.29 is 10.2 Å². The molecule has 132 valence electrons. The lowest BCUT2D eigenvalue weighted by molar-refractivity contribution is 0.121. The van der Waals surface area contributed by atoms with Crippen LogP contribution in [0.2, 0.25) is 5.02 Å². The van der Waals surface area contributed by atoms with E-state index in [4.69, 9.17) is 16.7 Å². The fourth-order valence-electron chi connectivity index (χ4n) is 2.72. The van der Waals surface area contributed by atoms with Gasteiger partial charge < -0.3 is 14.8 Å². The molecule has 1 aromatic carbocycles. The highest BCUT2D eigenvalue weighted by Gasteiger charge is 2.20. The topological polar surface area (TPSA) is 121 Å². The molecule has 0 spiro atoms. The van der Waals surface area contributed by atoms with Crippen LogP contribution in [0.25, 0.3) is 22.6 Å². The van der Waals surface area contributed by atoms with Gasteiger partial charge in [-0.15, -0.1) is 0 Å². The van der Waals surface area contributed by atoms with Crippen molar-refractivity contribution in [3.05, 3.63) is 43.6 Å². The Hall–Kier alpha value is -2.29. The Kier molecular flexibility index (Phi) is 4.85. The number of benzene rings is 1. The van der Waals surface area contributed by atoms with Crippen LogP contribution in [0.4, 0.5) is 0 Å². The van der Waals surface area contributed by atoms with Gasteiger partial charge in [0.25, 0.3) is 5.56 Å². The number of nitrogens with zero attached hydrogens (tertiary/aromatic N) is 3. The first-order valence-electron chi connectivity index (χ1n) is 7.80. The number of aliphatic hydroxyl groups is 2. The number of aliphatic hydroxyl groups excluding tert-OH is 2. The van der Waals surface area contributed by atoms with E-state index in [0.717, 1.165) is 5.56 Å². The van der Waals surface area contributed by atoms with E-state index in [1.165, 1.54) is 0 Å². The molecule has 2 heterocycles. The summed E-state index contributed by atoms with van der Waals surface area (Å²) in [5.41, 5.74) is 0.618. The SMILES string of the molecule is Cc1cc2nc3c(=O)[nH]c(=O)nc-3n(CC[C@H](O)CCO)c2cc1Cl. The van der Waals surface area contributed by atoms with Crippen molar-refractivity contribution in [3.63, 3.8) is 0 Å². The van der Waals surface area contributed by atoms with Crippen LogP contribution in [0.15, 0.2) is 21.7 Å². The molecule has 0 fully saturated rings. The number of aromatic amines is 1. The third kappa shape index (κ3) is 3.41. The van der Waals surface area contributed by atoms with Crippen molar-refractivity contribution >= 4 is 22.6 Å². The van der Waals surface area contributed by atoms with E-state index in [1.54, 1.807) is 16.7 Å². The molecular formula is C16H17ClN4O4. The lowest BCUT2D eigenvalue weighted by atomic mass is 10.1. The van der Waals surface area contributed by atoms with E-state index in [-0.39, 0.29) is 31.1 Å². The van der Waals surface area contributed by atoms with E-state index in [2.05, 4.69) is 15.0 Å². The molecule has 0 amide bonds. The standard InChI is InChI=1S/C16H17ClN4O4/c1-8-6-11-12(7-10(8)17)21(4-2-9(23)3-5-22)14-13(18-11)15(24)20-16(25)19-14/h6-7,9,22-23H,2-5H2,1H3,(H,20,24,25)/t9-/m0/s1. The molecule has 1 aromatic rings. The highest BCUT2D eigenvalue weighted by molar-refractivity contribution is 6.32. The molecule has 0 saturated heterocycles. The summed E-state index contributed by atoms with van der Waals surface area (Å²) < 4.78 is 1.65. The number of rotatable bonds is 5. The molecule has 1 atom stereocenters. The van der Waals surface area contributed by atoms with Crippen molar-refractivity contribution in [3.8, 4) is 11.5 Å². The van der Waals surface area contributed by atoms with Gasteiger partial charge >= 0.3 is 5.69 Å². The molecule has 8 nitrogen and oxygen atoms in total. The molecule has 0 bridgehead atoms. The Morgan fingerprint density at radius 1 is 1.28 bits per heavy atom. The Balaban J connectivity index is 2.26. The Morgan fingerprint density at radius 2 is 2.04 bits per heavy atom. The van der Waals surface area contributed by atoms with Gasteiger partial charge in [-0.2, -0.15) is 4.98 Å². The first-order valence-corrected chi connectivity index (χ1v) is 8.18. The highest BCUT2D eigenvalue weighted by atomic mass is 35.5. The minimum absolute atomic E-state index is 0.0467. The molecule has 0 aliphatic carbocycles. The normalized spacial score (nSPS) is 12.8. The zero-order valence-electron chi connectivity index (χ0n) is 13.5. The molecule has 9 heteroatoms. The van der Waals surface area contributed by atoms with Gasteiger partial charge in [-0.3, -0.25) is 9.78 Å². The highest BCUT2D eigenvalue weighted by Crippen LogP contribution is 2.26. The van der Waals surface area contributed by atoms with Gasteiger partial charge in [-0.05, 0) is 37.5 Å². The minimum Gasteiger partial charge on any atom is -0.396 e. The molecule has 3 rings (SSSR count). The van der Waals surface area contributed by atoms with Gasteiger partial charge in [-0.25, -0.2) is 9.78 Å². The van der Waals surface area contributed by atoms with Crippen LogP contribution >= 0.6 is 11.6 Å². The quantitative estimate of drug-likeness (QED) is 0.572. The summed E-state index contributed by atoms with van der Waals surface area (Å²) in [6.45, 7) is 1.98. The summed E-state index contributed by atoms with van der Waals surface area (Å²) in [4.78, 5) is 34.1. The zero-order valence-corrected chi connectivity index (χ0v) is 14.2. The third-order valence-electron chi connectivity index (χ3n) is 4.04. The molecule has 0 radical (unpaired) electrons. The molecule has 2 aliphatic heterocycles. The number of aromatic nitrogens is 4. The van der Waals surface area contributed by atoms with E-state index in [9.17, 15) is 14.7 Å². The van der Waals surface area contributed by atoms with Crippen molar-refractivity contribution in [1.82, 2.24) is 19.5 Å². The fourth-order valence-corrected chi connectivity index (χ4v) is 2.88. The number of aryl methyl sites for hydroxylation is 2. The number of H-pyrrole nitrogens is 1. The summed E-state index contributed by atoms with van der Waals surface area (Å²) in [7, 11) is 0. The third-order valence-corrected chi connectivity index (χ3v) is 4.44. The Morgan fingerprint density at radius 3 is 2.76 bits per heavy atom. The molecule has 0 unspecified atom stereocenters. The zero-order chi connectivity index (χ0) is 18.1. The van der Waals surface area contributed by atoms with E-state index in [0.29, 0.717) is 22.5 Å². The van der Waals surface area contributed by atoms with Crippen LogP contribution < -0.4 is 11.2 Å². The van der Waals surface area contributed by atoms with Gasteiger partial charge in [0.15, 0.2) is 11.5 Å². The van der Waals surface area contributed by atoms with Gasteiger partial charge in [-0.1, -0.05) is 11.6 Å². The number of halogens is 1. The van der Waals surface area contributed by atoms with Gasteiger partial charge in [0.2, 0.25) is 0 Å². The maximum absolute atomic E-state index is 12.1. The van der Waals surface area contributed by atoms with Crippen molar-refractivity contribution in [2.24, 2.45) is 0 Å². The largest absolute Gasteiger partial charge is 0.396 e. The molecule has 0 aromatic heterocycles. The average Bonchev–Trinajstić information content (AvgIpc) is 2.54. The lowest BCUT2D eigenvalue weighted by Crippen LogP contribution is -2.29. The second kappa shape index (κ2) is 6.91. The van der Waals surface area contributed by atoms with Crippen LogP contribution in [0, 0.1) is 6.92 Å². The second-order valence-electron chi connectivity index (χ2n) is 5.85. The molecule has 3 N–H and O–H groups in total. The number of nitrogens with one attached hydrogen (secondary N) is 1. The van der Waals surface area contributed by atoms with E-state index >= 15 is 0 Å². The summed E-state index contributed by atoms with van der Waals surface area (Å²) in [6, 6.07) is 3.45. The minimum atomic E-state index is -0.762. The predicted octanol–water partition coefficient (Wildman–Crippen LogP) is 0.680. The first kappa shape index (κ1) is 17.5. The monoisotopic (exact) mass is 364 g/mol. The van der Waals surface area contributed by atoms with Crippen LogP contribution in [0.3, 0.4) is 0 Å². The second-order valence-corrected chi connectivity index (χ2v) is 6.26. The van der Waals surface area contributed by atoms with Gasteiger partial charge in [0, 0.05) is 18.2 Å². The van der Waals surface area contributed by atoms with E-state index in [1.807, 2.05) is 6.92 Å². The van der Waals surface area contributed by atoms with Crippen molar-refractivity contribution in [2.75, 3.05) is 6.61 Å². The smallest absolute Gasteiger partial charge is 0.349 e. The predicted molar refractivity (Wildman–Crippen MR) is 93.1 cm³/mol. The first-order chi connectivity index (χ1) is 11.9. The molecule has 25 heavy (non-hydrogen) atoms. The van der Waals surface area contributed by atoms with Crippen LogP contribution in [-0.4, -0.2) is 42.4 Å². The Labute approximate surface area is 147 Å². The van der Waals surface area contributed by atoms with Crippen LogP contribution in [0.1, 0.15) is 18.4 Å². The maximum atomic E-state index is 12.1. The lowest BCUT2D eigenvalue weighted by Gasteiger charge is -2.18. The fraction of sp³-hybridized carbons (Fsp3) is 0.375. The molecule has 2 aliphatic rings. The van der Waals surface area contributed by atoms with Crippen molar-refractivity contribution in [2.45, 2.75) is 32.4 Å².